The van der Waals surface area contributed by atoms with Gasteiger partial charge < -0.3 is 9.73 Å². The van der Waals surface area contributed by atoms with E-state index in [0.717, 1.165) is 23.2 Å². The van der Waals surface area contributed by atoms with Crippen LogP contribution < -0.4 is 5.32 Å². The van der Waals surface area contributed by atoms with Crippen LogP contribution in [-0.2, 0) is 0 Å². The first-order valence-corrected chi connectivity index (χ1v) is 6.71. The molecule has 1 N–H and O–H groups in total. The van der Waals surface area contributed by atoms with Crippen molar-refractivity contribution in [1.29, 1.82) is 0 Å². The fraction of sp³-hybridized carbons (Fsp3) is 0.417. The molecule has 0 spiro atoms. The maximum Gasteiger partial charge on any atom is 0.261 e. The van der Waals surface area contributed by atoms with Crippen LogP contribution >= 0.6 is 11.8 Å². The molecule has 0 fully saturated rings. The zero-order chi connectivity index (χ0) is 13.0. The fourth-order valence-corrected chi connectivity index (χ4v) is 2.08. The van der Waals surface area contributed by atoms with Crippen LogP contribution in [0.5, 0.6) is 0 Å². The van der Waals surface area contributed by atoms with Gasteiger partial charge in [-0.1, -0.05) is 13.8 Å². The van der Waals surface area contributed by atoms with E-state index in [9.17, 15) is 0 Å². The van der Waals surface area contributed by atoms with Crippen molar-refractivity contribution in [2.75, 3.05) is 11.9 Å². The van der Waals surface area contributed by atoms with E-state index in [4.69, 9.17) is 4.42 Å². The molecule has 0 amide bonds. The van der Waals surface area contributed by atoms with E-state index in [1.807, 2.05) is 13.0 Å². The normalized spacial score (nSPS) is 10.9. The minimum Gasteiger partial charge on any atom is -0.440 e. The van der Waals surface area contributed by atoms with Gasteiger partial charge in [-0.25, -0.2) is 15.0 Å². The Kier molecular flexibility index (Phi) is 4.19. The first-order chi connectivity index (χ1) is 8.69. The van der Waals surface area contributed by atoms with Crippen molar-refractivity contribution in [3.05, 3.63) is 24.4 Å². The van der Waals surface area contributed by atoms with Crippen molar-refractivity contribution in [2.24, 2.45) is 0 Å². The van der Waals surface area contributed by atoms with Crippen molar-refractivity contribution in [1.82, 2.24) is 15.0 Å². The van der Waals surface area contributed by atoms with Crippen molar-refractivity contribution < 1.29 is 4.42 Å². The second-order valence-corrected chi connectivity index (χ2v) is 5.01. The monoisotopic (exact) mass is 264 g/mol. The molecule has 2 aromatic heterocycles. The standard InChI is InChI=1S/C12H16N4OS/c1-4-13-9-7-10(16-11(15-9)8(2)3)18-12-14-5-6-17-12/h5-8H,4H2,1-3H3,(H,13,15,16). The average molecular weight is 264 g/mol. The first-order valence-electron chi connectivity index (χ1n) is 5.89. The third kappa shape index (κ3) is 3.22. The number of anilines is 1. The van der Waals surface area contributed by atoms with Crippen LogP contribution in [0.25, 0.3) is 0 Å². The van der Waals surface area contributed by atoms with Gasteiger partial charge in [0, 0.05) is 18.5 Å². The Morgan fingerprint density at radius 2 is 2.22 bits per heavy atom. The van der Waals surface area contributed by atoms with Gasteiger partial charge in [0.2, 0.25) is 0 Å². The van der Waals surface area contributed by atoms with Crippen LogP contribution in [0.1, 0.15) is 32.5 Å². The van der Waals surface area contributed by atoms with Crippen LogP contribution in [0.3, 0.4) is 0 Å². The number of nitrogens with zero attached hydrogens (tertiary/aromatic N) is 3. The molecule has 6 heteroatoms. The van der Waals surface area contributed by atoms with E-state index in [1.54, 1.807) is 12.5 Å². The number of nitrogens with one attached hydrogen (secondary N) is 1. The highest BCUT2D eigenvalue weighted by atomic mass is 32.2. The molecule has 2 aromatic rings. The van der Waals surface area contributed by atoms with E-state index in [0.29, 0.717) is 5.22 Å². The third-order valence-corrected chi connectivity index (χ3v) is 2.99. The lowest BCUT2D eigenvalue weighted by Gasteiger charge is -2.09. The second-order valence-electron chi connectivity index (χ2n) is 4.03. The smallest absolute Gasteiger partial charge is 0.261 e. The minimum absolute atomic E-state index is 0.285. The Balaban J connectivity index is 2.27. The highest BCUT2D eigenvalue weighted by molar-refractivity contribution is 7.99. The van der Waals surface area contributed by atoms with Crippen LogP contribution in [0.4, 0.5) is 5.82 Å². The second kappa shape index (κ2) is 5.86. The van der Waals surface area contributed by atoms with Crippen LogP contribution in [0, 0.1) is 0 Å². The molecule has 0 aromatic carbocycles. The summed E-state index contributed by atoms with van der Waals surface area (Å²) in [4.78, 5) is 13.0. The maximum atomic E-state index is 5.21. The summed E-state index contributed by atoms with van der Waals surface area (Å²) in [6, 6.07) is 1.91. The number of rotatable bonds is 5. The summed E-state index contributed by atoms with van der Waals surface area (Å²) < 4.78 is 5.21. The van der Waals surface area contributed by atoms with Gasteiger partial charge in [0.1, 0.15) is 22.9 Å². The molecule has 0 aliphatic heterocycles. The molecule has 0 bridgehead atoms. The molecule has 96 valence electrons. The summed E-state index contributed by atoms with van der Waals surface area (Å²) in [7, 11) is 0. The first kappa shape index (κ1) is 12.9. The number of aromatic nitrogens is 3. The lowest BCUT2D eigenvalue weighted by atomic mass is 10.2. The van der Waals surface area contributed by atoms with Crippen molar-refractivity contribution in [2.45, 2.75) is 36.9 Å². The zero-order valence-corrected chi connectivity index (χ0v) is 11.5. The van der Waals surface area contributed by atoms with E-state index in [-0.39, 0.29) is 5.92 Å². The number of hydrogen-bond acceptors (Lipinski definition) is 6. The minimum atomic E-state index is 0.285. The molecule has 0 aliphatic carbocycles. The Labute approximate surface area is 110 Å². The summed E-state index contributed by atoms with van der Waals surface area (Å²) in [5, 5.41) is 4.64. The largest absolute Gasteiger partial charge is 0.440 e. The van der Waals surface area contributed by atoms with Gasteiger partial charge in [-0.15, -0.1) is 0 Å². The van der Waals surface area contributed by atoms with Gasteiger partial charge in [0.05, 0.1) is 6.20 Å². The molecular weight excluding hydrogens is 248 g/mol. The Morgan fingerprint density at radius 3 is 2.83 bits per heavy atom. The van der Waals surface area contributed by atoms with E-state index in [1.165, 1.54) is 11.8 Å². The Bertz CT molecular complexity index is 499. The van der Waals surface area contributed by atoms with Crippen LogP contribution in [0.2, 0.25) is 0 Å². The molecule has 2 heterocycles. The molecule has 0 atom stereocenters. The Morgan fingerprint density at radius 1 is 1.39 bits per heavy atom. The third-order valence-electron chi connectivity index (χ3n) is 2.20. The molecule has 5 nitrogen and oxygen atoms in total. The van der Waals surface area contributed by atoms with Gasteiger partial charge in [0.25, 0.3) is 5.22 Å². The molecule has 0 saturated heterocycles. The van der Waals surface area contributed by atoms with Gasteiger partial charge in [-0.3, -0.25) is 0 Å². The molecule has 0 saturated carbocycles. The molecule has 0 aliphatic rings. The number of hydrogen-bond donors (Lipinski definition) is 1. The predicted molar refractivity (Wildman–Crippen MR) is 70.9 cm³/mol. The van der Waals surface area contributed by atoms with Gasteiger partial charge >= 0.3 is 0 Å². The SMILES string of the molecule is CCNc1cc(Sc2ncco2)nc(C(C)C)n1. The van der Waals surface area contributed by atoms with Crippen LogP contribution in [0.15, 0.2) is 33.2 Å². The molecule has 0 unspecified atom stereocenters. The topological polar surface area (TPSA) is 63.8 Å². The average Bonchev–Trinajstić information content (AvgIpc) is 2.82. The van der Waals surface area contributed by atoms with E-state index in [2.05, 4.69) is 34.1 Å². The van der Waals surface area contributed by atoms with Gasteiger partial charge in [-0.2, -0.15) is 0 Å². The van der Waals surface area contributed by atoms with Crippen molar-refractivity contribution in [3.63, 3.8) is 0 Å². The molecule has 2 rings (SSSR count). The fourth-order valence-electron chi connectivity index (χ4n) is 1.38. The summed E-state index contributed by atoms with van der Waals surface area (Å²) in [5.41, 5.74) is 0. The van der Waals surface area contributed by atoms with E-state index >= 15 is 0 Å². The number of oxazole rings is 1. The lowest BCUT2D eigenvalue weighted by Crippen LogP contribution is -2.05. The maximum absolute atomic E-state index is 5.21. The summed E-state index contributed by atoms with van der Waals surface area (Å²) in [6.07, 6.45) is 3.18. The highest BCUT2D eigenvalue weighted by Crippen LogP contribution is 2.27. The lowest BCUT2D eigenvalue weighted by molar-refractivity contribution is 0.454. The summed E-state index contributed by atoms with van der Waals surface area (Å²) in [6.45, 7) is 7.02. The van der Waals surface area contributed by atoms with Crippen molar-refractivity contribution in [3.8, 4) is 0 Å². The van der Waals surface area contributed by atoms with E-state index < -0.39 is 0 Å². The van der Waals surface area contributed by atoms with Crippen molar-refractivity contribution >= 4 is 17.6 Å². The molecular formula is C12H16N4OS. The summed E-state index contributed by atoms with van der Waals surface area (Å²) in [5.74, 6) is 1.94. The van der Waals surface area contributed by atoms with Gasteiger partial charge in [0.15, 0.2) is 0 Å². The van der Waals surface area contributed by atoms with Crippen LogP contribution in [-0.4, -0.2) is 21.5 Å². The zero-order valence-electron chi connectivity index (χ0n) is 10.7. The molecule has 18 heavy (non-hydrogen) atoms. The quantitative estimate of drug-likeness (QED) is 0.837. The predicted octanol–water partition coefficient (Wildman–Crippen LogP) is 3.17. The summed E-state index contributed by atoms with van der Waals surface area (Å²) >= 11 is 1.40. The Hall–Kier alpha value is -1.56. The highest BCUT2D eigenvalue weighted by Gasteiger charge is 2.10. The molecule has 0 radical (unpaired) electrons. The van der Waals surface area contributed by atoms with Gasteiger partial charge in [-0.05, 0) is 18.7 Å².